The van der Waals surface area contributed by atoms with Gasteiger partial charge in [-0.3, -0.25) is 9.69 Å². The number of aromatic nitrogens is 3. The molecule has 2 aliphatic heterocycles. The summed E-state index contributed by atoms with van der Waals surface area (Å²) in [6.45, 7) is 11.9. The highest BCUT2D eigenvalue weighted by atomic mass is 127. The van der Waals surface area contributed by atoms with Gasteiger partial charge in [0.1, 0.15) is 12.4 Å². The molecular weight excluding hydrogens is 525 g/mol. The number of carbonyl (C=O) groups excluding carboxylic acids is 1. The third-order valence-corrected chi connectivity index (χ3v) is 6.01. The lowest BCUT2D eigenvalue weighted by Gasteiger charge is -2.33. The second-order valence-corrected chi connectivity index (χ2v) is 8.11. The second kappa shape index (κ2) is 13.9. The zero-order valence-electron chi connectivity index (χ0n) is 19.6. The molecule has 3 heterocycles. The van der Waals surface area contributed by atoms with Gasteiger partial charge in [-0.2, -0.15) is 0 Å². The molecule has 0 saturated carbocycles. The molecule has 0 aliphatic carbocycles. The van der Waals surface area contributed by atoms with Gasteiger partial charge in [0.25, 0.3) is 0 Å². The minimum Gasteiger partial charge on any atom is -0.466 e. The Morgan fingerprint density at radius 3 is 2.56 bits per heavy atom. The van der Waals surface area contributed by atoms with E-state index in [4.69, 9.17) is 14.5 Å². The quantitative estimate of drug-likeness (QED) is 0.166. The lowest BCUT2D eigenvalue weighted by Crippen LogP contribution is -2.47. The first kappa shape index (κ1) is 26.8. The summed E-state index contributed by atoms with van der Waals surface area (Å²) < 4.78 is 12.6. The Balaban J connectivity index is 0.00000363. The highest BCUT2D eigenvalue weighted by Gasteiger charge is 2.27. The predicted octanol–water partition coefficient (Wildman–Crippen LogP) is 1.18. The van der Waals surface area contributed by atoms with Gasteiger partial charge in [-0.1, -0.05) is 0 Å². The normalized spacial score (nSPS) is 18.3. The van der Waals surface area contributed by atoms with Crippen LogP contribution in [-0.2, 0) is 27.9 Å². The van der Waals surface area contributed by atoms with Crippen molar-refractivity contribution in [2.45, 2.75) is 39.7 Å². The van der Waals surface area contributed by atoms with Crippen molar-refractivity contribution in [2.75, 3.05) is 59.1 Å². The van der Waals surface area contributed by atoms with Crippen LogP contribution in [0.5, 0.6) is 0 Å². The Kier molecular flexibility index (Phi) is 11.7. The smallest absolute Gasteiger partial charge is 0.309 e. The van der Waals surface area contributed by atoms with Gasteiger partial charge < -0.3 is 24.3 Å². The van der Waals surface area contributed by atoms with Crippen LogP contribution in [0.15, 0.2) is 4.99 Å². The van der Waals surface area contributed by atoms with Crippen LogP contribution in [0.2, 0.25) is 0 Å². The Hall–Kier alpha value is -1.47. The Morgan fingerprint density at radius 2 is 1.94 bits per heavy atom. The molecule has 0 bridgehead atoms. The molecule has 0 atom stereocenters. The number of ether oxygens (including phenoxy) is 2. The molecule has 1 aromatic rings. The molecule has 1 aromatic heterocycles. The van der Waals surface area contributed by atoms with Crippen molar-refractivity contribution in [3.8, 4) is 0 Å². The minimum atomic E-state index is -0.0753. The maximum Gasteiger partial charge on any atom is 0.309 e. The highest BCUT2D eigenvalue weighted by Crippen LogP contribution is 2.19. The number of aryl methyl sites for hydroxylation is 1. The number of morpholine rings is 1. The molecule has 2 aliphatic rings. The van der Waals surface area contributed by atoms with Crippen molar-refractivity contribution in [3.05, 3.63) is 11.6 Å². The number of likely N-dealkylation sites (tertiary alicyclic amines) is 1. The van der Waals surface area contributed by atoms with E-state index in [1.165, 1.54) is 0 Å². The van der Waals surface area contributed by atoms with E-state index in [2.05, 4.69) is 25.3 Å². The number of nitrogens with one attached hydrogen (secondary N) is 1. The molecule has 0 unspecified atom stereocenters. The van der Waals surface area contributed by atoms with Gasteiger partial charge in [-0.05, 0) is 39.7 Å². The van der Waals surface area contributed by atoms with Crippen LogP contribution < -0.4 is 5.32 Å². The SMILES string of the molecule is CCOC(=O)C1CCN(C(=NCc2nnc(C)n2C)NCCCN2CCOCC2)CC1.I. The van der Waals surface area contributed by atoms with Gasteiger partial charge in [0.2, 0.25) is 0 Å². The van der Waals surface area contributed by atoms with Crippen molar-refractivity contribution >= 4 is 35.9 Å². The number of aliphatic imine (C=N–C) groups is 1. The summed E-state index contributed by atoms with van der Waals surface area (Å²) in [4.78, 5) is 21.6. The van der Waals surface area contributed by atoms with Crippen molar-refractivity contribution < 1.29 is 14.3 Å². The van der Waals surface area contributed by atoms with Gasteiger partial charge in [0.15, 0.2) is 11.8 Å². The third kappa shape index (κ3) is 7.84. The maximum absolute atomic E-state index is 12.1. The first-order chi connectivity index (χ1) is 15.1. The maximum atomic E-state index is 12.1. The fourth-order valence-corrected chi connectivity index (χ4v) is 3.92. The first-order valence-electron chi connectivity index (χ1n) is 11.4. The molecule has 10 nitrogen and oxygen atoms in total. The van der Waals surface area contributed by atoms with Crippen molar-refractivity contribution in [1.29, 1.82) is 0 Å². The van der Waals surface area contributed by atoms with Crippen molar-refractivity contribution in [3.63, 3.8) is 0 Å². The van der Waals surface area contributed by atoms with E-state index in [0.717, 1.165) is 89.4 Å². The standard InChI is InChI=1S/C21H37N7O3.HI/c1-4-31-20(29)18-6-10-28(11-7-18)21(23-16-19-25-24-17(2)26(19)3)22-8-5-9-27-12-14-30-15-13-27;/h18H,4-16H2,1-3H3,(H,22,23);1H. The zero-order chi connectivity index (χ0) is 22.1. The van der Waals surface area contributed by atoms with E-state index < -0.39 is 0 Å². The highest BCUT2D eigenvalue weighted by molar-refractivity contribution is 14.0. The van der Waals surface area contributed by atoms with E-state index >= 15 is 0 Å². The van der Waals surface area contributed by atoms with Crippen LogP contribution in [-0.4, -0.2) is 95.6 Å². The van der Waals surface area contributed by atoms with Crippen LogP contribution in [0.25, 0.3) is 0 Å². The first-order valence-corrected chi connectivity index (χ1v) is 11.4. The number of esters is 1. The summed E-state index contributed by atoms with van der Waals surface area (Å²) in [5.74, 6) is 2.51. The number of carbonyl (C=O) groups is 1. The molecule has 32 heavy (non-hydrogen) atoms. The number of guanidine groups is 1. The Bertz CT molecular complexity index is 729. The van der Waals surface area contributed by atoms with Crippen molar-refractivity contribution in [2.24, 2.45) is 18.0 Å². The van der Waals surface area contributed by atoms with Crippen LogP contribution in [0.3, 0.4) is 0 Å². The van der Waals surface area contributed by atoms with Gasteiger partial charge in [0.05, 0.1) is 25.7 Å². The molecule has 182 valence electrons. The number of nitrogens with zero attached hydrogens (tertiary/aromatic N) is 6. The summed E-state index contributed by atoms with van der Waals surface area (Å²) in [5, 5.41) is 11.9. The predicted molar refractivity (Wildman–Crippen MR) is 133 cm³/mol. The molecule has 1 N–H and O–H groups in total. The Morgan fingerprint density at radius 1 is 1.22 bits per heavy atom. The molecule has 2 fully saturated rings. The van der Waals surface area contributed by atoms with E-state index in [9.17, 15) is 4.79 Å². The Labute approximate surface area is 208 Å². The summed E-state index contributed by atoms with van der Waals surface area (Å²) >= 11 is 0. The topological polar surface area (TPSA) is 97.1 Å². The molecule has 0 spiro atoms. The molecule has 0 radical (unpaired) electrons. The van der Waals surface area contributed by atoms with Gasteiger partial charge in [-0.15, -0.1) is 34.2 Å². The number of hydrogen-bond acceptors (Lipinski definition) is 7. The average Bonchev–Trinajstić information content (AvgIpc) is 3.12. The fourth-order valence-electron chi connectivity index (χ4n) is 3.92. The summed E-state index contributed by atoms with van der Waals surface area (Å²) in [6.07, 6.45) is 2.62. The zero-order valence-corrected chi connectivity index (χ0v) is 21.9. The lowest BCUT2D eigenvalue weighted by atomic mass is 9.97. The molecule has 0 aromatic carbocycles. The molecular formula is C21H38IN7O3. The van der Waals surface area contributed by atoms with Gasteiger partial charge >= 0.3 is 5.97 Å². The lowest BCUT2D eigenvalue weighted by molar-refractivity contribution is -0.149. The number of hydrogen-bond donors (Lipinski definition) is 1. The van der Waals surface area contributed by atoms with E-state index in [0.29, 0.717) is 13.2 Å². The molecule has 11 heteroatoms. The summed E-state index contributed by atoms with van der Waals surface area (Å²) in [5.41, 5.74) is 0. The fraction of sp³-hybridized carbons (Fsp3) is 0.810. The summed E-state index contributed by atoms with van der Waals surface area (Å²) in [6, 6.07) is 0. The molecule has 3 rings (SSSR count). The molecule has 0 amide bonds. The van der Waals surface area contributed by atoms with Crippen LogP contribution in [0, 0.1) is 12.8 Å². The van der Waals surface area contributed by atoms with Crippen molar-refractivity contribution in [1.82, 2.24) is 29.9 Å². The minimum absolute atomic E-state index is 0. The van der Waals surface area contributed by atoms with Gasteiger partial charge in [0, 0.05) is 39.8 Å². The van der Waals surface area contributed by atoms with Crippen LogP contribution in [0.4, 0.5) is 0 Å². The monoisotopic (exact) mass is 563 g/mol. The largest absolute Gasteiger partial charge is 0.466 e. The third-order valence-electron chi connectivity index (χ3n) is 6.01. The number of rotatable bonds is 8. The van der Waals surface area contributed by atoms with E-state index in [1.54, 1.807) is 0 Å². The van der Waals surface area contributed by atoms with Gasteiger partial charge in [-0.25, -0.2) is 4.99 Å². The average molecular weight is 563 g/mol. The second-order valence-electron chi connectivity index (χ2n) is 8.11. The molecule has 2 saturated heterocycles. The van der Waals surface area contributed by atoms with Crippen LogP contribution >= 0.6 is 24.0 Å². The van der Waals surface area contributed by atoms with E-state index in [1.807, 2.05) is 25.5 Å². The number of halogens is 1. The van der Waals surface area contributed by atoms with Crippen LogP contribution in [0.1, 0.15) is 37.8 Å². The van der Waals surface area contributed by atoms with E-state index in [-0.39, 0.29) is 35.9 Å². The summed E-state index contributed by atoms with van der Waals surface area (Å²) in [7, 11) is 1.96. The number of piperidine rings is 1.